The summed E-state index contributed by atoms with van der Waals surface area (Å²) in [7, 11) is 0. The fourth-order valence-electron chi connectivity index (χ4n) is 1.79. The molecular formula is C13H17F2NO4. The molecule has 0 saturated carbocycles. The molecule has 1 aliphatic rings. The molecule has 1 unspecified atom stereocenters. The highest BCUT2D eigenvalue weighted by Crippen LogP contribution is 2.33. The van der Waals surface area contributed by atoms with E-state index < -0.39 is 19.1 Å². The molecule has 1 atom stereocenters. The summed E-state index contributed by atoms with van der Waals surface area (Å²) in [5.41, 5.74) is 0.704. The van der Waals surface area contributed by atoms with Gasteiger partial charge in [-0.1, -0.05) is 6.07 Å². The molecule has 0 radical (unpaired) electrons. The zero-order chi connectivity index (χ0) is 14.4. The monoisotopic (exact) mass is 289 g/mol. The molecule has 1 aromatic rings. The molecule has 20 heavy (non-hydrogen) atoms. The first-order valence-electron chi connectivity index (χ1n) is 6.31. The van der Waals surface area contributed by atoms with Gasteiger partial charge in [0.15, 0.2) is 11.5 Å². The first-order valence-corrected chi connectivity index (χ1v) is 6.31. The van der Waals surface area contributed by atoms with Crippen LogP contribution in [0.4, 0.5) is 8.78 Å². The van der Waals surface area contributed by atoms with Gasteiger partial charge in [0, 0.05) is 13.1 Å². The lowest BCUT2D eigenvalue weighted by molar-refractivity contribution is 0.0181. The lowest BCUT2D eigenvalue weighted by Gasteiger charge is -2.13. The molecule has 2 N–H and O–H groups in total. The van der Waals surface area contributed by atoms with E-state index >= 15 is 0 Å². The summed E-state index contributed by atoms with van der Waals surface area (Å²) >= 11 is 0. The number of halogens is 2. The second-order valence-electron chi connectivity index (χ2n) is 4.30. The minimum absolute atomic E-state index is 0.179. The molecule has 5 nitrogen and oxygen atoms in total. The molecule has 112 valence electrons. The average molecular weight is 289 g/mol. The van der Waals surface area contributed by atoms with Crippen LogP contribution in [0.15, 0.2) is 18.2 Å². The second kappa shape index (κ2) is 7.37. The molecule has 1 aliphatic heterocycles. The van der Waals surface area contributed by atoms with Crippen LogP contribution in [-0.4, -0.2) is 44.6 Å². The van der Waals surface area contributed by atoms with Crippen molar-refractivity contribution in [3.63, 3.8) is 0 Å². The highest BCUT2D eigenvalue weighted by atomic mass is 19.3. The summed E-state index contributed by atoms with van der Waals surface area (Å²) < 4.78 is 38.7. The van der Waals surface area contributed by atoms with Crippen molar-refractivity contribution in [1.82, 2.24) is 5.32 Å². The number of rotatable bonds is 8. The molecule has 0 bridgehead atoms. The van der Waals surface area contributed by atoms with Crippen molar-refractivity contribution in [2.75, 3.05) is 33.1 Å². The molecule has 7 heteroatoms. The molecule has 0 saturated heterocycles. The van der Waals surface area contributed by atoms with E-state index in [-0.39, 0.29) is 13.4 Å². The fourth-order valence-corrected chi connectivity index (χ4v) is 1.79. The maximum atomic E-state index is 11.8. The highest BCUT2D eigenvalue weighted by molar-refractivity contribution is 5.45. The number of ether oxygens (including phenoxy) is 3. The van der Waals surface area contributed by atoms with E-state index in [4.69, 9.17) is 14.2 Å². The number of fused-ring (bicyclic) bond motifs is 1. The number of benzene rings is 1. The van der Waals surface area contributed by atoms with Crippen LogP contribution in [0.2, 0.25) is 0 Å². The number of aliphatic hydroxyl groups excluding tert-OH is 1. The third-order valence-electron chi connectivity index (χ3n) is 2.79. The molecule has 0 aromatic heterocycles. The Morgan fingerprint density at radius 3 is 2.90 bits per heavy atom. The number of aliphatic hydroxyl groups is 1. The minimum Gasteiger partial charge on any atom is -0.454 e. The number of hydrogen-bond acceptors (Lipinski definition) is 5. The summed E-state index contributed by atoms with van der Waals surface area (Å²) in [5, 5.41) is 12.9. The number of hydrogen-bond donors (Lipinski definition) is 2. The van der Waals surface area contributed by atoms with E-state index in [1.165, 1.54) is 0 Å². The molecule has 1 heterocycles. The Bertz CT molecular complexity index is 431. The summed E-state index contributed by atoms with van der Waals surface area (Å²) in [6, 6.07) is 5.22. The van der Waals surface area contributed by atoms with Gasteiger partial charge in [-0.25, -0.2) is 8.78 Å². The Labute approximate surface area is 115 Å². The normalized spacial score (nSPS) is 14.8. The third-order valence-corrected chi connectivity index (χ3v) is 2.79. The first-order chi connectivity index (χ1) is 9.66. The zero-order valence-electron chi connectivity index (χ0n) is 10.9. The van der Waals surface area contributed by atoms with E-state index in [1.807, 2.05) is 0 Å². The van der Waals surface area contributed by atoms with Crippen molar-refractivity contribution in [2.45, 2.75) is 12.5 Å². The lowest BCUT2D eigenvalue weighted by atomic mass is 10.1. The Kier molecular flexibility index (Phi) is 5.51. The van der Waals surface area contributed by atoms with E-state index in [9.17, 15) is 13.9 Å². The van der Waals surface area contributed by atoms with Gasteiger partial charge < -0.3 is 24.6 Å². The topological polar surface area (TPSA) is 60.0 Å². The fraction of sp³-hybridized carbons (Fsp3) is 0.538. The van der Waals surface area contributed by atoms with Gasteiger partial charge in [-0.3, -0.25) is 0 Å². The Morgan fingerprint density at radius 1 is 1.30 bits per heavy atom. The maximum Gasteiger partial charge on any atom is 0.261 e. The van der Waals surface area contributed by atoms with Gasteiger partial charge in [0.05, 0.1) is 12.7 Å². The SMILES string of the molecule is OC(CNCCOCC(F)F)c1ccc2c(c1)OCO2. The van der Waals surface area contributed by atoms with E-state index in [0.717, 1.165) is 0 Å². The Balaban J connectivity index is 1.68. The lowest BCUT2D eigenvalue weighted by Crippen LogP contribution is -2.26. The van der Waals surface area contributed by atoms with Crippen molar-refractivity contribution in [1.29, 1.82) is 0 Å². The van der Waals surface area contributed by atoms with Gasteiger partial charge in [-0.15, -0.1) is 0 Å². The minimum atomic E-state index is -2.45. The zero-order valence-corrected chi connectivity index (χ0v) is 10.9. The smallest absolute Gasteiger partial charge is 0.261 e. The van der Waals surface area contributed by atoms with Gasteiger partial charge in [-0.2, -0.15) is 0 Å². The molecular weight excluding hydrogens is 272 g/mol. The number of alkyl halides is 2. The standard InChI is InChI=1S/C13H17F2NO4/c14-13(15)7-18-4-3-16-6-10(17)9-1-2-11-12(5-9)20-8-19-11/h1-2,5,10,13,16-17H,3-4,6-8H2. The average Bonchev–Trinajstić information content (AvgIpc) is 2.89. The van der Waals surface area contributed by atoms with Gasteiger partial charge in [0.1, 0.15) is 6.61 Å². The van der Waals surface area contributed by atoms with Crippen LogP contribution < -0.4 is 14.8 Å². The van der Waals surface area contributed by atoms with Crippen LogP contribution >= 0.6 is 0 Å². The maximum absolute atomic E-state index is 11.8. The second-order valence-corrected chi connectivity index (χ2v) is 4.30. The molecule has 2 rings (SSSR count). The van der Waals surface area contributed by atoms with Crippen molar-refractivity contribution in [3.05, 3.63) is 23.8 Å². The predicted octanol–water partition coefficient (Wildman–Crippen LogP) is 1.32. The third kappa shape index (κ3) is 4.29. The van der Waals surface area contributed by atoms with E-state index in [2.05, 4.69) is 5.32 Å². The first kappa shape index (κ1) is 15.0. The quantitative estimate of drug-likeness (QED) is 0.707. The molecule has 0 fully saturated rings. The summed E-state index contributed by atoms with van der Waals surface area (Å²) in [5.74, 6) is 1.27. The van der Waals surface area contributed by atoms with Crippen LogP contribution in [0.5, 0.6) is 11.5 Å². The predicted molar refractivity (Wildman–Crippen MR) is 67.2 cm³/mol. The summed E-state index contributed by atoms with van der Waals surface area (Å²) in [6.07, 6.45) is -3.16. The van der Waals surface area contributed by atoms with Gasteiger partial charge in [0.25, 0.3) is 6.43 Å². The largest absolute Gasteiger partial charge is 0.454 e. The van der Waals surface area contributed by atoms with Gasteiger partial charge >= 0.3 is 0 Å². The number of nitrogens with one attached hydrogen (secondary N) is 1. The van der Waals surface area contributed by atoms with Crippen LogP contribution in [0.1, 0.15) is 11.7 Å². The van der Waals surface area contributed by atoms with Crippen molar-refractivity contribution >= 4 is 0 Å². The molecule has 0 amide bonds. The van der Waals surface area contributed by atoms with Crippen LogP contribution in [0, 0.1) is 0 Å². The van der Waals surface area contributed by atoms with Crippen molar-refractivity contribution in [2.24, 2.45) is 0 Å². The van der Waals surface area contributed by atoms with E-state index in [0.29, 0.717) is 30.2 Å². The van der Waals surface area contributed by atoms with Gasteiger partial charge in [-0.05, 0) is 17.7 Å². The Hall–Kier alpha value is -1.44. The molecule has 1 aromatic carbocycles. The molecule has 0 spiro atoms. The van der Waals surface area contributed by atoms with Crippen LogP contribution in [-0.2, 0) is 4.74 Å². The summed E-state index contributed by atoms with van der Waals surface area (Å²) in [4.78, 5) is 0. The van der Waals surface area contributed by atoms with Crippen molar-refractivity contribution < 1.29 is 28.1 Å². The van der Waals surface area contributed by atoms with Crippen LogP contribution in [0.3, 0.4) is 0 Å². The molecule has 0 aliphatic carbocycles. The summed E-state index contributed by atoms with van der Waals surface area (Å²) in [6.45, 7) is 0.505. The van der Waals surface area contributed by atoms with Gasteiger partial charge in [0.2, 0.25) is 6.79 Å². The van der Waals surface area contributed by atoms with Crippen LogP contribution in [0.25, 0.3) is 0 Å². The Morgan fingerprint density at radius 2 is 2.10 bits per heavy atom. The van der Waals surface area contributed by atoms with Crippen molar-refractivity contribution in [3.8, 4) is 11.5 Å². The highest BCUT2D eigenvalue weighted by Gasteiger charge is 2.16. The van der Waals surface area contributed by atoms with E-state index in [1.54, 1.807) is 18.2 Å².